The first-order valence-electron chi connectivity index (χ1n) is 5.73. The molecular weight excluding hydrogens is 324 g/mol. The van der Waals surface area contributed by atoms with Crippen molar-refractivity contribution in [1.82, 2.24) is 4.98 Å². The minimum Gasteiger partial charge on any atom is -0.478 e. The number of halogens is 1. The van der Waals surface area contributed by atoms with Gasteiger partial charge in [0.1, 0.15) is 0 Å². The lowest BCUT2D eigenvalue weighted by atomic mass is 10.1. The maximum atomic E-state index is 12.1. The van der Waals surface area contributed by atoms with Crippen molar-refractivity contribution in [3.05, 3.63) is 57.8 Å². The average molecular weight is 335 g/mol. The molecule has 0 saturated heterocycles. The number of rotatable bonds is 3. The van der Waals surface area contributed by atoms with Gasteiger partial charge in [0.25, 0.3) is 5.91 Å². The summed E-state index contributed by atoms with van der Waals surface area (Å²) in [6.07, 6.45) is 2.62. The van der Waals surface area contributed by atoms with E-state index in [0.29, 0.717) is 11.3 Å². The molecule has 0 bridgehead atoms. The minimum absolute atomic E-state index is 0.0230. The van der Waals surface area contributed by atoms with E-state index in [1.54, 1.807) is 18.2 Å². The van der Waals surface area contributed by atoms with Crippen LogP contribution in [0.5, 0.6) is 0 Å². The Kier molecular flexibility index (Phi) is 4.14. The van der Waals surface area contributed by atoms with Crippen molar-refractivity contribution in [2.75, 3.05) is 5.32 Å². The van der Waals surface area contributed by atoms with Crippen LogP contribution < -0.4 is 5.32 Å². The molecule has 0 aliphatic rings. The summed E-state index contributed by atoms with van der Waals surface area (Å²) >= 11 is 3.36. The SMILES string of the molecule is Cc1cc(C(=O)Nc2cncc(C(=O)O)c2)ccc1Br. The molecular formula is C14H11BrN2O3. The molecule has 1 amide bonds. The lowest BCUT2D eigenvalue weighted by Crippen LogP contribution is -2.13. The highest BCUT2D eigenvalue weighted by atomic mass is 79.9. The Morgan fingerprint density at radius 2 is 1.95 bits per heavy atom. The molecule has 0 aliphatic carbocycles. The molecule has 5 nitrogen and oxygen atoms in total. The van der Waals surface area contributed by atoms with Crippen molar-refractivity contribution < 1.29 is 14.7 Å². The van der Waals surface area contributed by atoms with Gasteiger partial charge in [-0.05, 0) is 36.8 Å². The molecule has 1 aromatic heterocycles. The monoisotopic (exact) mass is 334 g/mol. The number of carboxylic acids is 1. The fourth-order valence-electron chi connectivity index (χ4n) is 1.61. The second kappa shape index (κ2) is 5.83. The van der Waals surface area contributed by atoms with Crippen LogP contribution in [0.3, 0.4) is 0 Å². The van der Waals surface area contributed by atoms with Crippen LogP contribution in [0.2, 0.25) is 0 Å². The predicted octanol–water partition coefficient (Wildman–Crippen LogP) is 3.10. The smallest absolute Gasteiger partial charge is 0.337 e. The molecule has 0 unspecified atom stereocenters. The van der Waals surface area contributed by atoms with Crippen LogP contribution in [-0.2, 0) is 0 Å². The molecule has 0 atom stereocenters. The van der Waals surface area contributed by atoms with Gasteiger partial charge in [0.2, 0.25) is 0 Å². The summed E-state index contributed by atoms with van der Waals surface area (Å²) in [7, 11) is 0. The number of pyridine rings is 1. The Morgan fingerprint density at radius 3 is 2.60 bits per heavy atom. The van der Waals surface area contributed by atoms with E-state index >= 15 is 0 Å². The van der Waals surface area contributed by atoms with E-state index in [1.165, 1.54) is 18.5 Å². The third-order valence-electron chi connectivity index (χ3n) is 2.66. The van der Waals surface area contributed by atoms with Crippen molar-refractivity contribution in [3.63, 3.8) is 0 Å². The highest BCUT2D eigenvalue weighted by Crippen LogP contribution is 2.18. The van der Waals surface area contributed by atoms with Crippen LogP contribution in [0.25, 0.3) is 0 Å². The summed E-state index contributed by atoms with van der Waals surface area (Å²) < 4.78 is 0.920. The molecule has 20 heavy (non-hydrogen) atoms. The molecule has 2 rings (SSSR count). The molecule has 6 heteroatoms. The number of benzene rings is 1. The largest absolute Gasteiger partial charge is 0.478 e. The molecule has 2 aromatic rings. The fraction of sp³-hybridized carbons (Fsp3) is 0.0714. The molecule has 0 saturated carbocycles. The molecule has 0 fully saturated rings. The zero-order valence-corrected chi connectivity index (χ0v) is 12.1. The molecule has 2 N–H and O–H groups in total. The van der Waals surface area contributed by atoms with E-state index in [9.17, 15) is 9.59 Å². The van der Waals surface area contributed by atoms with Crippen molar-refractivity contribution >= 4 is 33.5 Å². The van der Waals surface area contributed by atoms with E-state index in [0.717, 1.165) is 10.0 Å². The minimum atomic E-state index is -1.09. The van der Waals surface area contributed by atoms with Crippen LogP contribution in [-0.4, -0.2) is 22.0 Å². The summed E-state index contributed by atoms with van der Waals surface area (Å²) in [5.41, 5.74) is 1.80. The summed E-state index contributed by atoms with van der Waals surface area (Å²) in [5.74, 6) is -1.40. The first-order valence-corrected chi connectivity index (χ1v) is 6.52. The number of nitrogens with one attached hydrogen (secondary N) is 1. The van der Waals surface area contributed by atoms with E-state index in [-0.39, 0.29) is 11.5 Å². The Morgan fingerprint density at radius 1 is 1.20 bits per heavy atom. The number of anilines is 1. The number of carboxylic acid groups (broad SMARTS) is 1. The maximum Gasteiger partial charge on any atom is 0.337 e. The number of nitrogens with zero attached hydrogens (tertiary/aromatic N) is 1. The number of carbonyl (C=O) groups excluding carboxylic acids is 1. The molecule has 0 radical (unpaired) electrons. The van der Waals surface area contributed by atoms with Crippen molar-refractivity contribution in [1.29, 1.82) is 0 Å². The zero-order valence-electron chi connectivity index (χ0n) is 10.6. The normalized spacial score (nSPS) is 10.1. The van der Waals surface area contributed by atoms with Gasteiger partial charge in [-0.15, -0.1) is 0 Å². The van der Waals surface area contributed by atoms with E-state index in [4.69, 9.17) is 5.11 Å². The van der Waals surface area contributed by atoms with Gasteiger partial charge in [0.05, 0.1) is 17.4 Å². The van der Waals surface area contributed by atoms with Crippen LogP contribution in [0.1, 0.15) is 26.3 Å². The Labute approximate surface area is 123 Å². The second-order valence-corrected chi connectivity index (χ2v) is 5.04. The number of aromatic nitrogens is 1. The first kappa shape index (κ1) is 14.2. The van der Waals surface area contributed by atoms with E-state index in [2.05, 4.69) is 26.2 Å². The van der Waals surface area contributed by atoms with E-state index in [1.807, 2.05) is 6.92 Å². The highest BCUT2D eigenvalue weighted by molar-refractivity contribution is 9.10. The number of aryl methyl sites for hydroxylation is 1. The van der Waals surface area contributed by atoms with Gasteiger partial charge in [-0.2, -0.15) is 0 Å². The standard InChI is InChI=1S/C14H11BrN2O3/c1-8-4-9(2-3-12(8)15)13(18)17-11-5-10(14(19)20)6-16-7-11/h2-7H,1H3,(H,17,18)(H,19,20). The number of carbonyl (C=O) groups is 2. The molecule has 0 aliphatic heterocycles. The molecule has 1 aromatic carbocycles. The van der Waals surface area contributed by atoms with Crippen LogP contribution in [0.15, 0.2) is 41.1 Å². The number of hydrogen-bond donors (Lipinski definition) is 2. The zero-order chi connectivity index (χ0) is 14.7. The van der Waals surface area contributed by atoms with Crippen molar-refractivity contribution in [3.8, 4) is 0 Å². The van der Waals surface area contributed by atoms with Gasteiger partial charge in [0.15, 0.2) is 0 Å². The number of aromatic carboxylic acids is 1. The molecule has 1 heterocycles. The Bertz CT molecular complexity index is 686. The summed E-state index contributed by atoms with van der Waals surface area (Å²) in [5, 5.41) is 11.5. The Hall–Kier alpha value is -2.21. The third kappa shape index (κ3) is 3.21. The van der Waals surface area contributed by atoms with Gasteiger partial charge >= 0.3 is 5.97 Å². The Balaban J connectivity index is 2.21. The number of hydrogen-bond acceptors (Lipinski definition) is 3. The quantitative estimate of drug-likeness (QED) is 0.903. The van der Waals surface area contributed by atoms with Crippen molar-refractivity contribution in [2.24, 2.45) is 0 Å². The maximum absolute atomic E-state index is 12.1. The lowest BCUT2D eigenvalue weighted by molar-refractivity contribution is 0.0696. The second-order valence-electron chi connectivity index (χ2n) is 4.19. The van der Waals surface area contributed by atoms with Gasteiger partial charge in [-0.3, -0.25) is 9.78 Å². The van der Waals surface area contributed by atoms with Gasteiger partial charge in [0, 0.05) is 16.2 Å². The summed E-state index contributed by atoms with van der Waals surface area (Å²) in [4.78, 5) is 26.7. The van der Waals surface area contributed by atoms with Crippen LogP contribution in [0, 0.1) is 6.92 Å². The van der Waals surface area contributed by atoms with Crippen LogP contribution >= 0.6 is 15.9 Å². The van der Waals surface area contributed by atoms with Gasteiger partial charge in [-0.1, -0.05) is 15.9 Å². The fourth-order valence-corrected chi connectivity index (χ4v) is 1.86. The summed E-state index contributed by atoms with van der Waals surface area (Å²) in [6.45, 7) is 1.88. The van der Waals surface area contributed by atoms with Gasteiger partial charge in [-0.25, -0.2) is 4.79 Å². The molecule has 0 spiro atoms. The summed E-state index contributed by atoms with van der Waals surface area (Å²) in [6, 6.07) is 6.57. The van der Waals surface area contributed by atoms with E-state index < -0.39 is 5.97 Å². The average Bonchev–Trinajstić information content (AvgIpc) is 2.42. The topological polar surface area (TPSA) is 79.3 Å². The highest BCUT2D eigenvalue weighted by Gasteiger charge is 2.09. The van der Waals surface area contributed by atoms with Gasteiger partial charge < -0.3 is 10.4 Å². The number of amides is 1. The van der Waals surface area contributed by atoms with Crippen LogP contribution in [0.4, 0.5) is 5.69 Å². The van der Waals surface area contributed by atoms with Crippen molar-refractivity contribution in [2.45, 2.75) is 6.92 Å². The molecule has 102 valence electrons. The lowest BCUT2D eigenvalue weighted by Gasteiger charge is -2.07. The predicted molar refractivity (Wildman–Crippen MR) is 78.0 cm³/mol. The third-order valence-corrected chi connectivity index (χ3v) is 3.55. The first-order chi connectivity index (χ1) is 9.47.